The van der Waals surface area contributed by atoms with Crippen molar-refractivity contribution in [3.8, 4) is 0 Å². The quantitative estimate of drug-likeness (QED) is 0.803. The summed E-state index contributed by atoms with van der Waals surface area (Å²) >= 11 is 0. The van der Waals surface area contributed by atoms with Crippen LogP contribution in [0.1, 0.15) is 42.1 Å². The fourth-order valence-corrected chi connectivity index (χ4v) is 4.17. The summed E-state index contributed by atoms with van der Waals surface area (Å²) in [5.41, 5.74) is 1.74. The highest BCUT2D eigenvalue weighted by Crippen LogP contribution is 2.41. The lowest BCUT2D eigenvalue weighted by Crippen LogP contribution is -2.68. The topological polar surface area (TPSA) is 60.9 Å². The Balaban J connectivity index is 1.88. The van der Waals surface area contributed by atoms with Gasteiger partial charge in [0.1, 0.15) is 0 Å². The summed E-state index contributed by atoms with van der Waals surface area (Å²) in [6, 6.07) is 18.8. The fourth-order valence-electron chi connectivity index (χ4n) is 4.17. The lowest BCUT2D eigenvalue weighted by Gasteiger charge is -2.56. The molecule has 0 unspecified atom stereocenters. The average Bonchev–Trinajstić information content (AvgIpc) is 2.74. The molecule has 2 aromatic carbocycles. The monoisotopic (exact) mass is 380 g/mol. The number of carbonyl (C=O) groups is 2. The number of amides is 2. The molecule has 0 aromatic heterocycles. The summed E-state index contributed by atoms with van der Waals surface area (Å²) in [4.78, 5) is 29.1. The van der Waals surface area contributed by atoms with E-state index in [0.717, 1.165) is 5.56 Å². The van der Waals surface area contributed by atoms with E-state index in [9.17, 15) is 14.7 Å². The minimum absolute atomic E-state index is 0.0133. The lowest BCUT2D eigenvalue weighted by atomic mass is 9.74. The normalized spacial score (nSPS) is 21.1. The van der Waals surface area contributed by atoms with Gasteiger partial charge in [-0.1, -0.05) is 55.5 Å². The van der Waals surface area contributed by atoms with E-state index in [-0.39, 0.29) is 36.4 Å². The number of hydrogen-bond acceptors (Lipinski definition) is 3. The van der Waals surface area contributed by atoms with Crippen LogP contribution in [-0.4, -0.2) is 58.5 Å². The van der Waals surface area contributed by atoms with Crippen LogP contribution in [0.15, 0.2) is 60.7 Å². The maximum absolute atomic E-state index is 13.0. The molecule has 0 bridgehead atoms. The minimum atomic E-state index is -0.245. The third kappa shape index (κ3) is 3.80. The molecular weight excluding hydrogens is 352 g/mol. The summed E-state index contributed by atoms with van der Waals surface area (Å²) in [5.74, 6) is -0.00924. The summed E-state index contributed by atoms with van der Waals surface area (Å²) in [6.45, 7) is 4.71. The van der Waals surface area contributed by atoms with Crippen LogP contribution in [0.25, 0.3) is 0 Å². The number of rotatable bonds is 7. The second kappa shape index (κ2) is 9.02. The zero-order valence-electron chi connectivity index (χ0n) is 16.5. The van der Waals surface area contributed by atoms with Gasteiger partial charge in [-0.25, -0.2) is 0 Å². The molecule has 0 spiro atoms. The van der Waals surface area contributed by atoms with Crippen molar-refractivity contribution in [2.45, 2.75) is 38.3 Å². The molecule has 1 saturated heterocycles. The largest absolute Gasteiger partial charge is 0.394 e. The first kappa shape index (κ1) is 20.1. The van der Waals surface area contributed by atoms with Gasteiger partial charge >= 0.3 is 0 Å². The van der Waals surface area contributed by atoms with Gasteiger partial charge in [-0.15, -0.1) is 0 Å². The third-order valence-corrected chi connectivity index (χ3v) is 5.60. The molecule has 1 aliphatic rings. The lowest BCUT2D eigenvalue weighted by molar-refractivity contribution is -0.151. The molecule has 3 atom stereocenters. The molecule has 5 heteroatoms. The molecule has 3 rings (SSSR count). The molecule has 1 heterocycles. The molecule has 0 saturated carbocycles. The van der Waals surface area contributed by atoms with Gasteiger partial charge in [0.25, 0.3) is 5.91 Å². The van der Waals surface area contributed by atoms with Gasteiger partial charge in [0.15, 0.2) is 0 Å². The molecule has 2 aromatic rings. The molecule has 1 N–H and O–H groups in total. The molecule has 1 aliphatic heterocycles. The van der Waals surface area contributed by atoms with E-state index >= 15 is 0 Å². The van der Waals surface area contributed by atoms with Gasteiger partial charge in [-0.05, 0) is 24.6 Å². The molecular formula is C23H28N2O3. The van der Waals surface area contributed by atoms with Crippen molar-refractivity contribution < 1.29 is 14.7 Å². The molecule has 0 radical (unpaired) electrons. The van der Waals surface area contributed by atoms with Crippen molar-refractivity contribution in [1.29, 1.82) is 0 Å². The fraction of sp³-hybridized carbons (Fsp3) is 0.391. The number of benzene rings is 2. The number of likely N-dealkylation sites (tertiary alicyclic amines) is 1. The number of aliphatic hydroxyl groups is 1. The summed E-state index contributed by atoms with van der Waals surface area (Å²) < 4.78 is 0. The van der Waals surface area contributed by atoms with Crippen LogP contribution in [0.2, 0.25) is 0 Å². The first-order valence-corrected chi connectivity index (χ1v) is 9.93. The van der Waals surface area contributed by atoms with Crippen molar-refractivity contribution >= 4 is 11.8 Å². The van der Waals surface area contributed by atoms with Gasteiger partial charge < -0.3 is 14.9 Å². The van der Waals surface area contributed by atoms with E-state index < -0.39 is 0 Å². The minimum Gasteiger partial charge on any atom is -0.394 e. The zero-order chi connectivity index (χ0) is 20.1. The van der Waals surface area contributed by atoms with Gasteiger partial charge in [0.05, 0.1) is 18.7 Å². The predicted octanol–water partition coefficient (Wildman–Crippen LogP) is 2.91. The highest BCUT2D eigenvalue weighted by molar-refractivity contribution is 5.94. The Morgan fingerprint density at radius 1 is 0.964 bits per heavy atom. The van der Waals surface area contributed by atoms with E-state index in [1.807, 2.05) is 74.5 Å². The molecule has 1 fully saturated rings. The Hall–Kier alpha value is -2.66. The number of aliphatic hydroxyl groups excluding tert-OH is 1. The first-order chi connectivity index (χ1) is 13.6. The van der Waals surface area contributed by atoms with Crippen LogP contribution in [0.4, 0.5) is 0 Å². The number of hydrogen-bond donors (Lipinski definition) is 1. The SMILES string of the molecule is CCC(=O)N1[C@H](CO)[C@H](c2ccccc2)[C@H]1CN(CC)C(=O)c1ccccc1. The summed E-state index contributed by atoms with van der Waals surface area (Å²) in [7, 11) is 0. The van der Waals surface area contributed by atoms with Crippen molar-refractivity contribution in [2.75, 3.05) is 19.7 Å². The number of nitrogens with zero attached hydrogens (tertiary/aromatic N) is 2. The van der Waals surface area contributed by atoms with Gasteiger partial charge in [0, 0.05) is 31.0 Å². The van der Waals surface area contributed by atoms with E-state index in [4.69, 9.17) is 0 Å². The van der Waals surface area contributed by atoms with Crippen LogP contribution < -0.4 is 0 Å². The molecule has 2 amide bonds. The highest BCUT2D eigenvalue weighted by Gasteiger charge is 2.51. The predicted molar refractivity (Wildman–Crippen MR) is 109 cm³/mol. The maximum Gasteiger partial charge on any atom is 0.253 e. The molecule has 0 aliphatic carbocycles. The second-order valence-corrected chi connectivity index (χ2v) is 7.12. The van der Waals surface area contributed by atoms with Crippen LogP contribution in [0.5, 0.6) is 0 Å². The van der Waals surface area contributed by atoms with E-state index in [1.54, 1.807) is 9.80 Å². The van der Waals surface area contributed by atoms with Gasteiger partial charge in [-0.3, -0.25) is 9.59 Å². The molecule has 148 valence electrons. The van der Waals surface area contributed by atoms with Crippen LogP contribution >= 0.6 is 0 Å². The van der Waals surface area contributed by atoms with Crippen molar-refractivity contribution in [3.63, 3.8) is 0 Å². The Morgan fingerprint density at radius 2 is 1.57 bits per heavy atom. The summed E-state index contributed by atoms with van der Waals surface area (Å²) in [6.07, 6.45) is 0.382. The van der Waals surface area contributed by atoms with Gasteiger partial charge in [0.2, 0.25) is 5.91 Å². The smallest absolute Gasteiger partial charge is 0.253 e. The van der Waals surface area contributed by atoms with E-state index in [0.29, 0.717) is 25.1 Å². The third-order valence-electron chi connectivity index (χ3n) is 5.60. The number of likely N-dealkylation sites (N-methyl/N-ethyl adjacent to an activating group) is 1. The first-order valence-electron chi connectivity index (χ1n) is 9.93. The maximum atomic E-state index is 13.0. The second-order valence-electron chi connectivity index (χ2n) is 7.12. The van der Waals surface area contributed by atoms with Crippen molar-refractivity contribution in [3.05, 3.63) is 71.8 Å². The van der Waals surface area contributed by atoms with Crippen LogP contribution in [0, 0.1) is 0 Å². The highest BCUT2D eigenvalue weighted by atomic mass is 16.3. The van der Waals surface area contributed by atoms with Crippen LogP contribution in [-0.2, 0) is 4.79 Å². The standard InChI is InChI=1S/C23H28N2O3/c1-3-21(27)25-19(22(20(25)16-26)17-11-7-5-8-12-17)15-24(4-2)23(28)18-13-9-6-10-14-18/h5-14,19-20,22,26H,3-4,15-16H2,1-2H3/t19-,20-,22-/m1/s1. The van der Waals surface area contributed by atoms with Crippen LogP contribution in [0.3, 0.4) is 0 Å². The molecule has 5 nitrogen and oxygen atoms in total. The zero-order valence-corrected chi connectivity index (χ0v) is 16.5. The Kier molecular flexibility index (Phi) is 6.47. The van der Waals surface area contributed by atoms with E-state index in [1.165, 1.54) is 0 Å². The van der Waals surface area contributed by atoms with Gasteiger partial charge in [-0.2, -0.15) is 0 Å². The van der Waals surface area contributed by atoms with E-state index in [2.05, 4.69) is 0 Å². The summed E-state index contributed by atoms with van der Waals surface area (Å²) in [5, 5.41) is 9.95. The Labute approximate surface area is 166 Å². The Bertz CT molecular complexity index is 794. The van der Waals surface area contributed by atoms with Crippen molar-refractivity contribution in [1.82, 2.24) is 9.80 Å². The Morgan fingerprint density at radius 3 is 2.11 bits per heavy atom. The number of carbonyl (C=O) groups excluding carboxylic acids is 2. The van der Waals surface area contributed by atoms with Crippen molar-refractivity contribution in [2.24, 2.45) is 0 Å². The molecule has 28 heavy (non-hydrogen) atoms. The average molecular weight is 380 g/mol.